The van der Waals surface area contributed by atoms with Crippen molar-refractivity contribution in [2.75, 3.05) is 5.43 Å². The normalized spacial score (nSPS) is 10.2. The Bertz CT molecular complexity index is 680. The summed E-state index contributed by atoms with van der Waals surface area (Å²) in [5, 5.41) is 11.0. The van der Waals surface area contributed by atoms with E-state index in [9.17, 15) is 10.1 Å². The second-order valence-electron chi connectivity index (χ2n) is 3.98. The molecule has 0 aliphatic heterocycles. The molecule has 0 aliphatic carbocycles. The van der Waals surface area contributed by atoms with Gasteiger partial charge in [-0.05, 0) is 12.5 Å². The van der Waals surface area contributed by atoms with E-state index in [1.165, 1.54) is 24.5 Å². The molecule has 1 aromatic carbocycles. The molecule has 0 bridgehead atoms. The molecule has 9 heteroatoms. The first-order valence-electron chi connectivity index (χ1n) is 5.99. The van der Waals surface area contributed by atoms with Crippen molar-refractivity contribution in [1.82, 2.24) is 9.97 Å². The highest BCUT2D eigenvalue weighted by atomic mass is 35.5. The summed E-state index contributed by atoms with van der Waals surface area (Å²) in [6, 6.07) is 3.92. The van der Waals surface area contributed by atoms with Crippen LogP contribution in [0.5, 0.6) is 11.6 Å². The Morgan fingerprint density at radius 3 is 2.86 bits per heavy atom. The number of aromatic nitrogens is 2. The van der Waals surface area contributed by atoms with Crippen LogP contribution in [0.4, 0.5) is 11.5 Å². The molecule has 0 radical (unpaired) electrons. The zero-order valence-electron chi connectivity index (χ0n) is 11.0. The van der Waals surface area contributed by atoms with E-state index < -0.39 is 4.92 Å². The van der Waals surface area contributed by atoms with E-state index in [1.807, 2.05) is 6.92 Å². The van der Waals surface area contributed by atoms with Gasteiger partial charge >= 0.3 is 0 Å². The fourth-order valence-electron chi connectivity index (χ4n) is 1.72. The van der Waals surface area contributed by atoms with Gasteiger partial charge in [-0.2, -0.15) is 0 Å². The number of anilines is 1. The molecule has 8 nitrogen and oxygen atoms in total. The SMILES string of the molecule is CCc1c(NN)ncnc1Oc1cc([N+](=O)[O-])ccc1Cl. The average Bonchev–Trinajstić information content (AvgIpc) is 2.48. The van der Waals surface area contributed by atoms with Crippen LogP contribution in [-0.4, -0.2) is 14.9 Å². The topological polar surface area (TPSA) is 116 Å². The molecule has 0 aliphatic rings. The Labute approximate surface area is 125 Å². The van der Waals surface area contributed by atoms with Crippen LogP contribution < -0.4 is 16.0 Å². The van der Waals surface area contributed by atoms with E-state index in [-0.39, 0.29) is 22.3 Å². The number of benzene rings is 1. The summed E-state index contributed by atoms with van der Waals surface area (Å²) < 4.78 is 5.58. The maximum Gasteiger partial charge on any atom is 0.273 e. The molecular formula is C12H12ClN5O3. The lowest BCUT2D eigenvalue weighted by atomic mass is 10.2. The van der Waals surface area contributed by atoms with Crippen LogP contribution in [0.3, 0.4) is 0 Å². The first-order valence-corrected chi connectivity index (χ1v) is 6.36. The van der Waals surface area contributed by atoms with Crippen LogP contribution in [-0.2, 0) is 6.42 Å². The molecule has 0 spiro atoms. The predicted octanol–water partition coefficient (Wildman–Crippen LogP) is 2.68. The van der Waals surface area contributed by atoms with Crippen LogP contribution in [0.25, 0.3) is 0 Å². The van der Waals surface area contributed by atoms with Gasteiger partial charge in [-0.1, -0.05) is 18.5 Å². The van der Waals surface area contributed by atoms with Crippen molar-refractivity contribution in [3.8, 4) is 11.6 Å². The largest absolute Gasteiger partial charge is 0.437 e. The van der Waals surface area contributed by atoms with Crippen LogP contribution in [0.2, 0.25) is 5.02 Å². The molecule has 21 heavy (non-hydrogen) atoms. The smallest absolute Gasteiger partial charge is 0.273 e. The van der Waals surface area contributed by atoms with Crippen LogP contribution in [0.15, 0.2) is 24.5 Å². The molecule has 0 saturated heterocycles. The van der Waals surface area contributed by atoms with Crippen molar-refractivity contribution in [2.24, 2.45) is 5.84 Å². The second kappa shape index (κ2) is 6.33. The Morgan fingerprint density at radius 2 is 2.24 bits per heavy atom. The summed E-state index contributed by atoms with van der Waals surface area (Å²) in [7, 11) is 0. The minimum Gasteiger partial charge on any atom is -0.437 e. The Hall–Kier alpha value is -2.45. The molecule has 0 saturated carbocycles. The van der Waals surface area contributed by atoms with Crippen LogP contribution in [0.1, 0.15) is 12.5 Å². The highest BCUT2D eigenvalue weighted by Crippen LogP contribution is 2.34. The van der Waals surface area contributed by atoms with E-state index in [2.05, 4.69) is 15.4 Å². The van der Waals surface area contributed by atoms with Gasteiger partial charge in [0.1, 0.15) is 12.1 Å². The maximum absolute atomic E-state index is 10.8. The lowest BCUT2D eigenvalue weighted by molar-refractivity contribution is -0.384. The Morgan fingerprint density at radius 1 is 1.48 bits per heavy atom. The van der Waals surface area contributed by atoms with Gasteiger partial charge in [0.25, 0.3) is 5.69 Å². The number of hydrogen-bond donors (Lipinski definition) is 2. The molecule has 2 rings (SSSR count). The van der Waals surface area contributed by atoms with Crippen molar-refractivity contribution < 1.29 is 9.66 Å². The fourth-order valence-corrected chi connectivity index (χ4v) is 1.87. The third kappa shape index (κ3) is 3.18. The molecular weight excluding hydrogens is 298 g/mol. The van der Waals surface area contributed by atoms with E-state index in [0.717, 1.165) is 0 Å². The molecule has 1 aromatic heterocycles. The molecule has 0 unspecified atom stereocenters. The molecule has 0 amide bonds. The zero-order chi connectivity index (χ0) is 15.4. The monoisotopic (exact) mass is 309 g/mol. The maximum atomic E-state index is 10.8. The van der Waals surface area contributed by atoms with Crippen LogP contribution in [0, 0.1) is 10.1 Å². The second-order valence-corrected chi connectivity index (χ2v) is 4.38. The number of nitrogens with two attached hydrogens (primary N) is 1. The van der Waals surface area contributed by atoms with Gasteiger partial charge in [0.15, 0.2) is 5.75 Å². The van der Waals surface area contributed by atoms with Gasteiger partial charge in [-0.25, -0.2) is 15.8 Å². The minimum absolute atomic E-state index is 0.126. The van der Waals surface area contributed by atoms with Crippen molar-refractivity contribution >= 4 is 23.1 Å². The number of nitro groups is 1. The summed E-state index contributed by atoms with van der Waals surface area (Å²) in [6.45, 7) is 1.88. The number of hydrogen-bond acceptors (Lipinski definition) is 7. The van der Waals surface area contributed by atoms with Gasteiger partial charge in [0, 0.05) is 6.07 Å². The number of hydrazine groups is 1. The van der Waals surface area contributed by atoms with Crippen molar-refractivity contribution in [1.29, 1.82) is 0 Å². The predicted molar refractivity (Wildman–Crippen MR) is 77.4 cm³/mol. The zero-order valence-corrected chi connectivity index (χ0v) is 11.8. The number of halogens is 1. The van der Waals surface area contributed by atoms with E-state index >= 15 is 0 Å². The molecule has 0 fully saturated rings. The highest BCUT2D eigenvalue weighted by molar-refractivity contribution is 6.32. The summed E-state index contributed by atoms with van der Waals surface area (Å²) in [4.78, 5) is 18.2. The van der Waals surface area contributed by atoms with Gasteiger partial charge in [-0.3, -0.25) is 10.1 Å². The lowest BCUT2D eigenvalue weighted by Gasteiger charge is -2.12. The minimum atomic E-state index is -0.531. The molecule has 110 valence electrons. The first kappa shape index (κ1) is 14.9. The van der Waals surface area contributed by atoms with Crippen molar-refractivity contribution in [2.45, 2.75) is 13.3 Å². The molecule has 0 atom stereocenters. The number of non-ortho nitro benzene ring substituents is 1. The molecule has 1 heterocycles. The summed E-state index contributed by atoms with van der Waals surface area (Å²) in [6.07, 6.45) is 1.83. The van der Waals surface area contributed by atoms with E-state index in [0.29, 0.717) is 17.8 Å². The molecule has 3 N–H and O–H groups in total. The van der Waals surface area contributed by atoms with Gasteiger partial charge in [0.05, 0.1) is 21.6 Å². The number of nitro benzene ring substituents is 1. The van der Waals surface area contributed by atoms with Crippen molar-refractivity contribution in [3.63, 3.8) is 0 Å². The third-order valence-corrected chi connectivity index (χ3v) is 3.04. The Balaban J connectivity index is 2.43. The third-order valence-electron chi connectivity index (χ3n) is 2.73. The van der Waals surface area contributed by atoms with Gasteiger partial charge in [-0.15, -0.1) is 0 Å². The quantitative estimate of drug-likeness (QED) is 0.495. The van der Waals surface area contributed by atoms with E-state index in [4.69, 9.17) is 22.2 Å². The van der Waals surface area contributed by atoms with E-state index in [1.54, 1.807) is 0 Å². The van der Waals surface area contributed by atoms with Gasteiger partial charge < -0.3 is 10.2 Å². The Kier molecular flexibility index (Phi) is 4.51. The number of ether oxygens (including phenoxy) is 1. The summed E-state index contributed by atoms with van der Waals surface area (Å²) >= 11 is 5.99. The summed E-state index contributed by atoms with van der Waals surface area (Å²) in [5.41, 5.74) is 2.96. The summed E-state index contributed by atoms with van der Waals surface area (Å²) in [5.74, 6) is 6.17. The lowest BCUT2D eigenvalue weighted by Crippen LogP contribution is -2.12. The fraction of sp³-hybridized carbons (Fsp3) is 0.167. The number of rotatable bonds is 5. The number of nitrogen functional groups attached to an aromatic ring is 1. The first-order chi connectivity index (χ1) is 10.1. The average molecular weight is 310 g/mol. The highest BCUT2D eigenvalue weighted by Gasteiger charge is 2.15. The standard InChI is InChI=1S/C12H12ClN5O3/c1-2-8-11(17-14)15-6-16-12(8)21-10-5-7(18(19)20)3-4-9(10)13/h3-6H,2,14H2,1H3,(H,15,16,17). The molecule has 2 aromatic rings. The van der Waals surface area contributed by atoms with Gasteiger partial charge in [0.2, 0.25) is 5.88 Å². The van der Waals surface area contributed by atoms with Crippen LogP contribution >= 0.6 is 11.6 Å². The number of nitrogens with zero attached hydrogens (tertiary/aromatic N) is 3. The van der Waals surface area contributed by atoms with Crippen molar-refractivity contribution in [3.05, 3.63) is 45.2 Å². The number of nitrogens with one attached hydrogen (secondary N) is 1.